The predicted molar refractivity (Wildman–Crippen MR) is 151 cm³/mol. The number of nitrogens with zero attached hydrogens (tertiary/aromatic N) is 1. The van der Waals surface area contributed by atoms with E-state index in [-0.39, 0.29) is 6.54 Å². The van der Waals surface area contributed by atoms with E-state index in [1.54, 1.807) is 24.3 Å². The molecule has 1 heterocycles. The molecule has 2 amide bonds. The molecule has 0 atom stereocenters. The van der Waals surface area contributed by atoms with Crippen molar-refractivity contribution in [3.05, 3.63) is 52.6 Å². The first-order valence-electron chi connectivity index (χ1n) is 13.6. The first-order valence-corrected chi connectivity index (χ1v) is 13.6. The number of carbonyl (C=O) groups excluding carboxylic acids is 4. The number of hydrogen-bond acceptors (Lipinski definition) is 7. The van der Waals surface area contributed by atoms with E-state index in [1.165, 1.54) is 30.2 Å². The first-order chi connectivity index (χ1) is 18.9. The van der Waals surface area contributed by atoms with Crippen LogP contribution >= 0.6 is 0 Å². The molecule has 1 aliphatic heterocycles. The van der Waals surface area contributed by atoms with E-state index in [9.17, 15) is 19.2 Å². The monoisotopic (exact) mass is 535 g/mol. The Labute approximate surface area is 229 Å². The highest BCUT2D eigenvalue weighted by Crippen LogP contribution is 2.40. The van der Waals surface area contributed by atoms with Crippen molar-refractivity contribution in [2.24, 2.45) is 0 Å². The lowest BCUT2D eigenvalue weighted by atomic mass is 9.86. The van der Waals surface area contributed by atoms with Gasteiger partial charge in [-0.3, -0.25) is 14.5 Å². The molecule has 0 saturated heterocycles. The molecular weight excluding hydrogens is 498 g/mol. The average Bonchev–Trinajstić information content (AvgIpc) is 2.93. The molecule has 0 spiro atoms. The SMILES string of the molecule is CCCCOC(=O)/C=C/c1ccc2c(OC)cc(/C=C/C(=O)OCCCC)c3c2c1C(=O)N(CCCC)C3=O. The molecular formula is C31H37NO7. The standard InChI is InChI=1S/C31H37NO7/c1-5-8-17-32-30(35)27-21(12-15-25(33)38-18-9-6-2)11-14-23-24(37-4)20-22(28(29(23)27)31(32)36)13-16-26(34)39-19-10-7-3/h11-16,20H,5-10,17-19H2,1-4H3/b15-12+,16-13+. The predicted octanol–water partition coefficient (Wildman–Crippen LogP) is 5.96. The van der Waals surface area contributed by atoms with Crippen LogP contribution in [0.2, 0.25) is 0 Å². The van der Waals surface area contributed by atoms with Gasteiger partial charge in [0.1, 0.15) is 5.75 Å². The number of hydrogen-bond donors (Lipinski definition) is 0. The number of unbranched alkanes of at least 4 members (excludes halogenated alkanes) is 3. The summed E-state index contributed by atoms with van der Waals surface area (Å²) in [4.78, 5) is 53.2. The molecule has 0 bridgehead atoms. The van der Waals surface area contributed by atoms with Crippen LogP contribution in [0.15, 0.2) is 30.4 Å². The molecule has 0 aliphatic carbocycles. The number of imide groups is 1. The molecule has 0 radical (unpaired) electrons. The minimum Gasteiger partial charge on any atom is -0.496 e. The van der Waals surface area contributed by atoms with Crippen LogP contribution in [0.4, 0.5) is 0 Å². The maximum atomic E-state index is 13.7. The van der Waals surface area contributed by atoms with Gasteiger partial charge in [-0.15, -0.1) is 0 Å². The van der Waals surface area contributed by atoms with Crippen LogP contribution < -0.4 is 4.74 Å². The van der Waals surface area contributed by atoms with Crippen molar-refractivity contribution in [3.63, 3.8) is 0 Å². The normalized spacial score (nSPS) is 13.1. The molecule has 1 aliphatic rings. The van der Waals surface area contributed by atoms with Gasteiger partial charge in [0.15, 0.2) is 0 Å². The van der Waals surface area contributed by atoms with Gasteiger partial charge in [0.2, 0.25) is 0 Å². The third-order valence-corrected chi connectivity index (χ3v) is 6.48. The van der Waals surface area contributed by atoms with Crippen LogP contribution in [0.25, 0.3) is 22.9 Å². The fraction of sp³-hybridized carbons (Fsp3) is 0.419. The Morgan fingerprint density at radius 1 is 0.795 bits per heavy atom. The molecule has 208 valence electrons. The van der Waals surface area contributed by atoms with Crippen molar-refractivity contribution in [2.75, 3.05) is 26.9 Å². The molecule has 8 heteroatoms. The number of ether oxygens (including phenoxy) is 3. The topological polar surface area (TPSA) is 99.2 Å². The second kappa shape index (κ2) is 14.3. The molecule has 2 aromatic carbocycles. The van der Waals surface area contributed by atoms with Crippen molar-refractivity contribution in [2.45, 2.75) is 59.3 Å². The molecule has 8 nitrogen and oxygen atoms in total. The van der Waals surface area contributed by atoms with Crippen LogP contribution in [0, 0.1) is 0 Å². The Balaban J connectivity index is 2.18. The lowest BCUT2D eigenvalue weighted by Crippen LogP contribution is -2.41. The highest BCUT2D eigenvalue weighted by molar-refractivity contribution is 6.28. The van der Waals surface area contributed by atoms with E-state index in [0.29, 0.717) is 58.4 Å². The Kier molecular flexibility index (Phi) is 10.8. The second-order valence-corrected chi connectivity index (χ2v) is 9.32. The molecule has 0 saturated carbocycles. The summed E-state index contributed by atoms with van der Waals surface area (Å²) in [6.07, 6.45) is 10.4. The number of methoxy groups -OCH3 is 1. The van der Waals surface area contributed by atoms with Gasteiger partial charge in [0.25, 0.3) is 11.8 Å². The van der Waals surface area contributed by atoms with E-state index >= 15 is 0 Å². The van der Waals surface area contributed by atoms with Crippen LogP contribution in [0.5, 0.6) is 5.75 Å². The van der Waals surface area contributed by atoms with Gasteiger partial charge in [0, 0.05) is 29.5 Å². The summed E-state index contributed by atoms with van der Waals surface area (Å²) >= 11 is 0. The zero-order valence-electron chi connectivity index (χ0n) is 23.2. The summed E-state index contributed by atoms with van der Waals surface area (Å²) < 4.78 is 16.1. The second-order valence-electron chi connectivity index (χ2n) is 9.32. The molecule has 2 aromatic rings. The molecule has 0 fully saturated rings. The molecule has 0 unspecified atom stereocenters. The van der Waals surface area contributed by atoms with Crippen molar-refractivity contribution in [3.8, 4) is 5.75 Å². The maximum Gasteiger partial charge on any atom is 0.330 e. The molecule has 3 rings (SSSR count). The Bertz CT molecular complexity index is 1270. The molecule has 39 heavy (non-hydrogen) atoms. The number of esters is 2. The quantitative estimate of drug-likeness (QED) is 0.127. The largest absolute Gasteiger partial charge is 0.496 e. The summed E-state index contributed by atoms with van der Waals surface area (Å²) in [5.74, 6) is -1.45. The van der Waals surface area contributed by atoms with Gasteiger partial charge in [-0.25, -0.2) is 9.59 Å². The third-order valence-electron chi connectivity index (χ3n) is 6.48. The summed E-state index contributed by atoms with van der Waals surface area (Å²) in [5, 5.41) is 1.02. The third kappa shape index (κ3) is 6.93. The highest BCUT2D eigenvalue weighted by Gasteiger charge is 2.36. The molecule has 0 aromatic heterocycles. The number of amides is 2. The lowest BCUT2D eigenvalue weighted by molar-refractivity contribution is -0.138. The number of rotatable bonds is 14. The van der Waals surface area contributed by atoms with Gasteiger partial charge >= 0.3 is 11.9 Å². The lowest BCUT2D eigenvalue weighted by Gasteiger charge is -2.30. The van der Waals surface area contributed by atoms with Crippen LogP contribution in [-0.2, 0) is 19.1 Å². The van der Waals surface area contributed by atoms with Crippen molar-refractivity contribution < 1.29 is 33.4 Å². The fourth-order valence-corrected chi connectivity index (χ4v) is 4.35. The summed E-state index contributed by atoms with van der Waals surface area (Å²) in [6, 6.07) is 5.17. The average molecular weight is 536 g/mol. The van der Waals surface area contributed by atoms with Crippen LogP contribution in [0.3, 0.4) is 0 Å². The van der Waals surface area contributed by atoms with E-state index < -0.39 is 23.8 Å². The maximum absolute atomic E-state index is 13.7. The first kappa shape index (κ1) is 29.6. The van der Waals surface area contributed by atoms with Gasteiger partial charge in [-0.2, -0.15) is 0 Å². The van der Waals surface area contributed by atoms with Crippen molar-refractivity contribution in [1.82, 2.24) is 4.90 Å². The number of benzene rings is 2. The Morgan fingerprint density at radius 3 is 1.87 bits per heavy atom. The van der Waals surface area contributed by atoms with Gasteiger partial charge < -0.3 is 14.2 Å². The Morgan fingerprint density at radius 2 is 1.33 bits per heavy atom. The van der Waals surface area contributed by atoms with Gasteiger partial charge in [-0.1, -0.05) is 46.1 Å². The van der Waals surface area contributed by atoms with E-state index in [0.717, 1.165) is 32.1 Å². The summed E-state index contributed by atoms with van der Waals surface area (Å²) in [7, 11) is 1.50. The van der Waals surface area contributed by atoms with E-state index in [2.05, 4.69) is 0 Å². The summed E-state index contributed by atoms with van der Waals surface area (Å²) in [5.41, 5.74) is 1.52. The van der Waals surface area contributed by atoms with Gasteiger partial charge in [-0.05, 0) is 54.7 Å². The van der Waals surface area contributed by atoms with Crippen LogP contribution in [0.1, 0.15) is 91.1 Å². The highest BCUT2D eigenvalue weighted by atomic mass is 16.5. The van der Waals surface area contributed by atoms with Crippen molar-refractivity contribution >= 4 is 46.7 Å². The minimum absolute atomic E-state index is 0.250. The zero-order chi connectivity index (χ0) is 28.4. The fourth-order valence-electron chi connectivity index (χ4n) is 4.35. The zero-order valence-corrected chi connectivity index (χ0v) is 23.2. The van der Waals surface area contributed by atoms with Crippen LogP contribution in [-0.4, -0.2) is 55.5 Å². The van der Waals surface area contributed by atoms with Gasteiger partial charge in [0.05, 0.1) is 31.5 Å². The minimum atomic E-state index is -0.518. The van der Waals surface area contributed by atoms with E-state index in [4.69, 9.17) is 14.2 Å². The van der Waals surface area contributed by atoms with Crippen molar-refractivity contribution in [1.29, 1.82) is 0 Å². The van der Waals surface area contributed by atoms with E-state index in [1.807, 2.05) is 20.8 Å². The smallest absolute Gasteiger partial charge is 0.330 e. The number of carbonyl (C=O) groups is 4. The Hall–Kier alpha value is -3.94. The molecule has 0 N–H and O–H groups in total. The summed E-state index contributed by atoms with van der Waals surface area (Å²) in [6.45, 7) is 6.87.